The van der Waals surface area contributed by atoms with E-state index in [0.29, 0.717) is 0 Å². The summed E-state index contributed by atoms with van der Waals surface area (Å²) < 4.78 is 36.2. The van der Waals surface area contributed by atoms with Gasteiger partial charge in [0.05, 0.1) is 6.54 Å². The third-order valence-electron chi connectivity index (χ3n) is 2.37. The molecule has 2 atom stereocenters. The molecule has 0 saturated heterocycles. The van der Waals surface area contributed by atoms with Gasteiger partial charge in [-0.2, -0.15) is 13.2 Å². The Morgan fingerprint density at radius 1 is 1.29 bits per heavy atom. The predicted octanol–water partition coefficient (Wildman–Crippen LogP) is 1.87. The first-order valence-corrected chi connectivity index (χ1v) is 4.78. The van der Waals surface area contributed by atoms with Gasteiger partial charge in [-0.15, -0.1) is 0 Å². The van der Waals surface area contributed by atoms with Crippen molar-refractivity contribution in [2.45, 2.75) is 39.0 Å². The molecule has 0 rings (SSSR count). The Balaban J connectivity index is 4.04. The fraction of sp³-hybridized carbons (Fsp3) is 1.00. The molecule has 0 aromatic heterocycles. The summed E-state index contributed by atoms with van der Waals surface area (Å²) >= 11 is 0. The maximum absolute atomic E-state index is 12.1. The molecule has 86 valence electrons. The summed E-state index contributed by atoms with van der Waals surface area (Å²) in [6, 6.07) is -0.0658. The van der Waals surface area contributed by atoms with Gasteiger partial charge < -0.3 is 5.32 Å². The van der Waals surface area contributed by atoms with E-state index in [1.54, 1.807) is 6.92 Å². The summed E-state index contributed by atoms with van der Waals surface area (Å²) in [5, 5.41) is 3.10. The summed E-state index contributed by atoms with van der Waals surface area (Å²) in [6.45, 7) is 5.53. The molecule has 0 fully saturated rings. The Kier molecular flexibility index (Phi) is 5.44. The second kappa shape index (κ2) is 5.56. The van der Waals surface area contributed by atoms with Crippen molar-refractivity contribution in [3.8, 4) is 0 Å². The van der Waals surface area contributed by atoms with Crippen LogP contribution in [0.4, 0.5) is 13.2 Å². The number of alkyl halides is 3. The van der Waals surface area contributed by atoms with Crippen molar-refractivity contribution in [3.63, 3.8) is 0 Å². The van der Waals surface area contributed by atoms with Gasteiger partial charge in [-0.1, -0.05) is 6.92 Å². The summed E-state index contributed by atoms with van der Waals surface area (Å²) in [4.78, 5) is 1.31. The van der Waals surface area contributed by atoms with Crippen LogP contribution < -0.4 is 5.32 Å². The third-order valence-corrected chi connectivity index (χ3v) is 2.37. The molecule has 0 radical (unpaired) electrons. The number of rotatable bonds is 5. The van der Waals surface area contributed by atoms with Gasteiger partial charge in [0.15, 0.2) is 0 Å². The fourth-order valence-corrected chi connectivity index (χ4v) is 1.30. The summed E-state index contributed by atoms with van der Waals surface area (Å²) in [6.07, 6.45) is -4.12. The van der Waals surface area contributed by atoms with Crippen LogP contribution in [0.15, 0.2) is 0 Å². The number of likely N-dealkylation sites (N-methyl/N-ethyl adjacent to an activating group) is 2. The first-order valence-electron chi connectivity index (χ1n) is 4.78. The minimum absolute atomic E-state index is 0.0624. The Labute approximate surface area is 83.5 Å². The second-order valence-electron chi connectivity index (χ2n) is 3.62. The Morgan fingerprint density at radius 2 is 1.79 bits per heavy atom. The lowest BCUT2D eigenvalue weighted by Gasteiger charge is -2.30. The zero-order valence-electron chi connectivity index (χ0n) is 9.15. The first-order chi connectivity index (χ1) is 6.28. The monoisotopic (exact) mass is 212 g/mol. The number of nitrogens with one attached hydrogen (secondary N) is 1. The lowest BCUT2D eigenvalue weighted by Crippen LogP contribution is -2.48. The molecule has 2 unspecified atom stereocenters. The van der Waals surface area contributed by atoms with Crippen molar-refractivity contribution in [2.75, 3.05) is 20.1 Å². The van der Waals surface area contributed by atoms with E-state index in [4.69, 9.17) is 0 Å². The van der Waals surface area contributed by atoms with E-state index in [9.17, 15) is 13.2 Å². The minimum Gasteiger partial charge on any atom is -0.313 e. The van der Waals surface area contributed by atoms with Crippen LogP contribution in [0.5, 0.6) is 0 Å². The van der Waals surface area contributed by atoms with Crippen LogP contribution in [0.2, 0.25) is 0 Å². The highest BCUT2D eigenvalue weighted by atomic mass is 19.4. The van der Waals surface area contributed by atoms with Crippen LogP contribution >= 0.6 is 0 Å². The zero-order chi connectivity index (χ0) is 11.4. The van der Waals surface area contributed by atoms with Gasteiger partial charge in [-0.3, -0.25) is 4.90 Å². The van der Waals surface area contributed by atoms with Crippen molar-refractivity contribution in [3.05, 3.63) is 0 Å². The van der Waals surface area contributed by atoms with Crippen LogP contribution in [0.25, 0.3) is 0 Å². The van der Waals surface area contributed by atoms with Crippen LogP contribution in [-0.4, -0.2) is 43.3 Å². The van der Waals surface area contributed by atoms with Crippen molar-refractivity contribution in [2.24, 2.45) is 0 Å². The highest BCUT2D eigenvalue weighted by Gasteiger charge is 2.31. The number of halogens is 3. The minimum atomic E-state index is -4.12. The maximum Gasteiger partial charge on any atom is 0.401 e. The molecule has 0 amide bonds. The van der Waals surface area contributed by atoms with Gasteiger partial charge in [0.2, 0.25) is 0 Å². The van der Waals surface area contributed by atoms with E-state index in [2.05, 4.69) is 5.32 Å². The molecule has 0 heterocycles. The largest absolute Gasteiger partial charge is 0.401 e. The molecule has 5 heteroatoms. The third kappa shape index (κ3) is 5.44. The highest BCUT2D eigenvalue weighted by molar-refractivity contribution is 4.76. The SMILES string of the molecule is CCNC(C)C(C)N(C)CC(F)(F)F. The summed E-state index contributed by atoms with van der Waals surface area (Å²) in [5.41, 5.74) is 0. The molecule has 1 N–H and O–H groups in total. The average Bonchev–Trinajstić information content (AvgIpc) is 2.00. The molecule has 0 aliphatic carbocycles. The van der Waals surface area contributed by atoms with Crippen molar-refractivity contribution in [1.82, 2.24) is 10.2 Å². The van der Waals surface area contributed by atoms with Crippen LogP contribution in [0, 0.1) is 0 Å². The second-order valence-corrected chi connectivity index (χ2v) is 3.62. The van der Waals surface area contributed by atoms with Gasteiger partial charge >= 0.3 is 6.18 Å². The predicted molar refractivity (Wildman–Crippen MR) is 51.3 cm³/mol. The van der Waals surface area contributed by atoms with E-state index in [1.165, 1.54) is 11.9 Å². The Hall–Kier alpha value is -0.290. The van der Waals surface area contributed by atoms with E-state index >= 15 is 0 Å². The van der Waals surface area contributed by atoms with Crippen LogP contribution in [0.3, 0.4) is 0 Å². The lowest BCUT2D eigenvalue weighted by molar-refractivity contribution is -0.147. The van der Waals surface area contributed by atoms with Gasteiger partial charge in [-0.05, 0) is 27.4 Å². The first kappa shape index (κ1) is 13.7. The number of hydrogen-bond donors (Lipinski definition) is 1. The molecule has 0 aliphatic heterocycles. The highest BCUT2D eigenvalue weighted by Crippen LogP contribution is 2.17. The summed E-state index contributed by atoms with van der Waals surface area (Å²) in [5.74, 6) is 0. The van der Waals surface area contributed by atoms with E-state index in [0.717, 1.165) is 6.54 Å². The lowest BCUT2D eigenvalue weighted by atomic mass is 10.1. The van der Waals surface area contributed by atoms with Gasteiger partial charge in [-0.25, -0.2) is 0 Å². The smallest absolute Gasteiger partial charge is 0.313 e. The van der Waals surface area contributed by atoms with Crippen molar-refractivity contribution in [1.29, 1.82) is 0 Å². The molecule has 0 aliphatic rings. The van der Waals surface area contributed by atoms with Gasteiger partial charge in [0.25, 0.3) is 0 Å². The number of nitrogens with zero attached hydrogens (tertiary/aromatic N) is 1. The maximum atomic E-state index is 12.1. The van der Waals surface area contributed by atoms with E-state index in [-0.39, 0.29) is 12.1 Å². The molecule has 0 bridgehead atoms. The Bertz CT molecular complexity index is 159. The molecule has 14 heavy (non-hydrogen) atoms. The Morgan fingerprint density at radius 3 is 2.14 bits per heavy atom. The molecule has 2 nitrogen and oxygen atoms in total. The average molecular weight is 212 g/mol. The van der Waals surface area contributed by atoms with Gasteiger partial charge in [0, 0.05) is 12.1 Å². The molecule has 0 spiro atoms. The van der Waals surface area contributed by atoms with Crippen LogP contribution in [-0.2, 0) is 0 Å². The summed E-state index contributed by atoms with van der Waals surface area (Å²) in [7, 11) is 1.49. The van der Waals surface area contributed by atoms with E-state index in [1.807, 2.05) is 13.8 Å². The number of hydrogen-bond acceptors (Lipinski definition) is 2. The standard InChI is InChI=1S/C9H19F3N2/c1-5-13-7(2)8(3)14(4)6-9(10,11)12/h7-8,13H,5-6H2,1-4H3. The van der Waals surface area contributed by atoms with Crippen LogP contribution in [0.1, 0.15) is 20.8 Å². The quantitative estimate of drug-likeness (QED) is 0.748. The molecular formula is C9H19F3N2. The van der Waals surface area contributed by atoms with E-state index < -0.39 is 12.7 Å². The molecule has 0 aromatic rings. The molecule has 0 saturated carbocycles. The topological polar surface area (TPSA) is 15.3 Å². The van der Waals surface area contributed by atoms with Gasteiger partial charge in [0.1, 0.15) is 0 Å². The normalized spacial score (nSPS) is 17.1. The fourth-order valence-electron chi connectivity index (χ4n) is 1.30. The molecule has 0 aromatic carbocycles. The van der Waals surface area contributed by atoms with Crippen molar-refractivity contribution < 1.29 is 13.2 Å². The zero-order valence-corrected chi connectivity index (χ0v) is 9.15. The molecular weight excluding hydrogens is 193 g/mol. The van der Waals surface area contributed by atoms with Crippen molar-refractivity contribution >= 4 is 0 Å².